The molecule has 0 atom stereocenters. The average Bonchev–Trinajstić information content (AvgIpc) is 2.50. The lowest BCUT2D eigenvalue weighted by molar-refractivity contribution is -0.123. The van der Waals surface area contributed by atoms with E-state index >= 15 is 0 Å². The second-order valence-corrected chi connectivity index (χ2v) is 4.42. The van der Waals surface area contributed by atoms with Crippen molar-refractivity contribution in [3.05, 3.63) is 71.4 Å². The SMILES string of the molecule is O=COC=C(COc1ccc(Cl)cc1)c1ccccc1. The Kier molecular flexibility index (Phi) is 5.21. The minimum absolute atomic E-state index is 0.291. The summed E-state index contributed by atoms with van der Waals surface area (Å²) in [6.07, 6.45) is 1.39. The summed E-state index contributed by atoms with van der Waals surface area (Å²) in [7, 11) is 0. The zero-order chi connectivity index (χ0) is 14.2. The highest BCUT2D eigenvalue weighted by molar-refractivity contribution is 6.30. The molecule has 0 fully saturated rings. The van der Waals surface area contributed by atoms with E-state index < -0.39 is 0 Å². The Morgan fingerprint density at radius 2 is 1.75 bits per heavy atom. The van der Waals surface area contributed by atoms with Gasteiger partial charge in [-0.25, -0.2) is 0 Å². The molecule has 0 unspecified atom stereocenters. The molecule has 4 heteroatoms. The van der Waals surface area contributed by atoms with E-state index in [0.717, 1.165) is 11.1 Å². The predicted octanol–water partition coefficient (Wildman–Crippen LogP) is 3.93. The average molecular weight is 289 g/mol. The summed E-state index contributed by atoms with van der Waals surface area (Å²) in [5.41, 5.74) is 1.70. The standard InChI is InChI=1S/C16H13ClO3/c17-15-6-8-16(9-7-15)20-11-14(10-19-12-18)13-4-2-1-3-5-13/h1-10,12H,11H2. The highest BCUT2D eigenvalue weighted by Crippen LogP contribution is 2.19. The third-order valence-corrected chi connectivity index (χ3v) is 2.87. The van der Waals surface area contributed by atoms with Gasteiger partial charge < -0.3 is 9.47 Å². The molecule has 0 aromatic heterocycles. The maximum Gasteiger partial charge on any atom is 0.297 e. The smallest absolute Gasteiger partial charge is 0.297 e. The van der Waals surface area contributed by atoms with Crippen LogP contribution in [-0.2, 0) is 9.53 Å². The molecule has 3 nitrogen and oxygen atoms in total. The van der Waals surface area contributed by atoms with E-state index in [1.165, 1.54) is 6.26 Å². The molecule has 2 rings (SSSR count). The highest BCUT2D eigenvalue weighted by atomic mass is 35.5. The molecular weight excluding hydrogens is 276 g/mol. The van der Waals surface area contributed by atoms with Gasteiger partial charge in [0.05, 0.1) is 0 Å². The van der Waals surface area contributed by atoms with Gasteiger partial charge in [0, 0.05) is 10.6 Å². The van der Waals surface area contributed by atoms with E-state index in [2.05, 4.69) is 0 Å². The first-order valence-corrected chi connectivity index (χ1v) is 6.39. The van der Waals surface area contributed by atoms with Crippen molar-refractivity contribution in [3.8, 4) is 5.75 Å². The Morgan fingerprint density at radius 3 is 2.40 bits per heavy atom. The molecule has 0 aliphatic carbocycles. The van der Waals surface area contributed by atoms with E-state index in [-0.39, 0.29) is 0 Å². The van der Waals surface area contributed by atoms with Crippen molar-refractivity contribution in [1.29, 1.82) is 0 Å². The summed E-state index contributed by atoms with van der Waals surface area (Å²) in [6.45, 7) is 0.671. The largest absolute Gasteiger partial charge is 0.489 e. The summed E-state index contributed by atoms with van der Waals surface area (Å²) in [4.78, 5) is 10.3. The van der Waals surface area contributed by atoms with Crippen molar-refractivity contribution in [2.45, 2.75) is 0 Å². The maximum atomic E-state index is 10.3. The molecule has 0 N–H and O–H groups in total. The monoisotopic (exact) mass is 288 g/mol. The first-order valence-electron chi connectivity index (χ1n) is 6.01. The Labute approximate surface area is 122 Å². The molecule has 0 saturated carbocycles. The van der Waals surface area contributed by atoms with Gasteiger partial charge in [-0.1, -0.05) is 41.9 Å². The van der Waals surface area contributed by atoms with Crippen molar-refractivity contribution in [2.24, 2.45) is 0 Å². The summed E-state index contributed by atoms with van der Waals surface area (Å²) in [6, 6.07) is 16.7. The van der Waals surface area contributed by atoms with Crippen LogP contribution in [0.25, 0.3) is 5.57 Å². The maximum absolute atomic E-state index is 10.3. The molecule has 0 radical (unpaired) electrons. The number of carbonyl (C=O) groups is 1. The molecule has 0 amide bonds. The van der Waals surface area contributed by atoms with Gasteiger partial charge in [0.25, 0.3) is 6.47 Å². The molecule has 2 aromatic carbocycles. The molecule has 0 heterocycles. The van der Waals surface area contributed by atoms with E-state index in [4.69, 9.17) is 21.1 Å². The van der Waals surface area contributed by atoms with E-state index in [1.807, 2.05) is 30.3 Å². The van der Waals surface area contributed by atoms with Crippen molar-refractivity contribution in [1.82, 2.24) is 0 Å². The van der Waals surface area contributed by atoms with Crippen molar-refractivity contribution in [3.63, 3.8) is 0 Å². The van der Waals surface area contributed by atoms with Crippen LogP contribution in [0.5, 0.6) is 5.75 Å². The van der Waals surface area contributed by atoms with Crippen molar-refractivity contribution >= 4 is 23.6 Å². The minimum atomic E-state index is 0.291. The first-order chi connectivity index (χ1) is 9.79. The fourth-order valence-corrected chi connectivity index (χ4v) is 1.77. The fourth-order valence-electron chi connectivity index (χ4n) is 1.64. The number of benzene rings is 2. The van der Waals surface area contributed by atoms with Gasteiger partial charge in [0.15, 0.2) is 0 Å². The quantitative estimate of drug-likeness (QED) is 0.597. The van der Waals surface area contributed by atoms with Crippen LogP contribution in [0.1, 0.15) is 5.56 Å². The van der Waals surface area contributed by atoms with Crippen LogP contribution in [-0.4, -0.2) is 13.1 Å². The number of hydrogen-bond donors (Lipinski definition) is 0. The van der Waals surface area contributed by atoms with Gasteiger partial charge in [-0.05, 0) is 29.8 Å². The molecule has 20 heavy (non-hydrogen) atoms. The van der Waals surface area contributed by atoms with Crippen LogP contribution in [0.3, 0.4) is 0 Å². The second kappa shape index (κ2) is 7.36. The third kappa shape index (κ3) is 4.14. The van der Waals surface area contributed by atoms with E-state index in [1.54, 1.807) is 24.3 Å². The normalized spacial score (nSPS) is 10.9. The van der Waals surface area contributed by atoms with Crippen LogP contribution >= 0.6 is 11.6 Å². The molecule has 0 saturated heterocycles. The Bertz CT molecular complexity index is 576. The highest BCUT2D eigenvalue weighted by Gasteiger charge is 2.03. The molecule has 0 aliphatic rings. The summed E-state index contributed by atoms with van der Waals surface area (Å²) in [5, 5.41) is 0.653. The number of ether oxygens (including phenoxy) is 2. The number of hydrogen-bond acceptors (Lipinski definition) is 3. The fraction of sp³-hybridized carbons (Fsp3) is 0.0625. The zero-order valence-electron chi connectivity index (χ0n) is 10.7. The van der Waals surface area contributed by atoms with Gasteiger partial charge in [0.2, 0.25) is 0 Å². The van der Waals surface area contributed by atoms with Crippen LogP contribution in [0.4, 0.5) is 0 Å². The van der Waals surface area contributed by atoms with Gasteiger partial charge in [-0.15, -0.1) is 0 Å². The first kappa shape index (κ1) is 14.2. The Balaban J connectivity index is 2.09. The summed E-state index contributed by atoms with van der Waals surface area (Å²) in [5.74, 6) is 0.697. The van der Waals surface area contributed by atoms with Crippen LogP contribution < -0.4 is 4.74 Å². The lowest BCUT2D eigenvalue weighted by Crippen LogP contribution is -2.01. The number of carbonyl (C=O) groups excluding carboxylic acids is 1. The topological polar surface area (TPSA) is 35.5 Å². The van der Waals surface area contributed by atoms with Gasteiger partial charge in [-0.3, -0.25) is 4.79 Å². The van der Waals surface area contributed by atoms with Crippen molar-refractivity contribution < 1.29 is 14.3 Å². The van der Waals surface area contributed by atoms with E-state index in [0.29, 0.717) is 23.9 Å². The lowest BCUT2D eigenvalue weighted by atomic mass is 10.1. The summed E-state index contributed by atoms with van der Waals surface area (Å²) < 4.78 is 10.4. The number of rotatable bonds is 6. The van der Waals surface area contributed by atoms with Gasteiger partial charge >= 0.3 is 0 Å². The molecular formula is C16H13ClO3. The Hall–Kier alpha value is -2.26. The summed E-state index contributed by atoms with van der Waals surface area (Å²) >= 11 is 5.81. The molecule has 0 spiro atoms. The van der Waals surface area contributed by atoms with Crippen LogP contribution in [0, 0.1) is 0 Å². The lowest BCUT2D eigenvalue weighted by Gasteiger charge is -2.10. The predicted molar refractivity (Wildman–Crippen MR) is 78.5 cm³/mol. The molecule has 0 bridgehead atoms. The minimum Gasteiger partial charge on any atom is -0.489 e. The third-order valence-electron chi connectivity index (χ3n) is 2.62. The second-order valence-electron chi connectivity index (χ2n) is 3.98. The van der Waals surface area contributed by atoms with E-state index in [9.17, 15) is 4.79 Å². The molecule has 0 aliphatic heterocycles. The van der Waals surface area contributed by atoms with Gasteiger partial charge in [-0.2, -0.15) is 0 Å². The van der Waals surface area contributed by atoms with Crippen LogP contribution in [0.15, 0.2) is 60.9 Å². The van der Waals surface area contributed by atoms with Gasteiger partial charge in [0.1, 0.15) is 18.6 Å². The van der Waals surface area contributed by atoms with Crippen molar-refractivity contribution in [2.75, 3.05) is 6.61 Å². The Morgan fingerprint density at radius 1 is 1.05 bits per heavy atom. The number of halogens is 1. The molecule has 102 valence electrons. The van der Waals surface area contributed by atoms with Crippen LogP contribution in [0.2, 0.25) is 5.02 Å². The zero-order valence-corrected chi connectivity index (χ0v) is 11.4. The molecule has 2 aromatic rings.